The lowest BCUT2D eigenvalue weighted by atomic mass is 10.3. The highest BCUT2D eigenvalue weighted by Crippen LogP contribution is 2.33. The molecule has 7 heteroatoms. The zero-order valence-corrected chi connectivity index (χ0v) is 6.99. The van der Waals surface area contributed by atoms with Crippen molar-refractivity contribution in [2.75, 3.05) is 0 Å². The maximum Gasteiger partial charge on any atom is 0.380 e. The summed E-state index contributed by atoms with van der Waals surface area (Å²) in [5.41, 5.74) is 0. The lowest BCUT2D eigenvalue weighted by Crippen LogP contribution is -2.23. The average Bonchev–Trinajstić information content (AvgIpc) is 2.35. The average molecular weight is 214 g/mol. The standard InChI is InChI=1S/C5H2ClF2NO2S/c6-4-9-1-2(12-4)5(7,8)3(10)11/h1H,(H,10,11). The van der Waals surface area contributed by atoms with E-state index in [2.05, 4.69) is 4.98 Å². The number of alkyl halides is 2. The predicted molar refractivity (Wildman–Crippen MR) is 38.7 cm³/mol. The molecule has 0 unspecified atom stereocenters. The lowest BCUT2D eigenvalue weighted by Gasteiger charge is -2.06. The lowest BCUT2D eigenvalue weighted by molar-refractivity contribution is -0.165. The first-order chi connectivity index (χ1) is 5.44. The molecule has 0 atom stereocenters. The molecule has 1 N–H and O–H groups in total. The van der Waals surface area contributed by atoms with E-state index in [0.717, 1.165) is 6.20 Å². The molecule has 0 saturated heterocycles. The third kappa shape index (κ3) is 1.54. The summed E-state index contributed by atoms with van der Waals surface area (Å²) in [5, 5.41) is 8.09. The second-order valence-corrected chi connectivity index (χ2v) is 3.47. The third-order valence-corrected chi connectivity index (χ3v) is 2.24. The predicted octanol–water partition coefficient (Wildman–Crippen LogP) is 1.97. The number of aliphatic carboxylic acids is 1. The fourth-order valence-electron chi connectivity index (χ4n) is 0.503. The topological polar surface area (TPSA) is 50.2 Å². The van der Waals surface area contributed by atoms with Crippen LogP contribution in [0.1, 0.15) is 4.88 Å². The third-order valence-electron chi connectivity index (χ3n) is 1.06. The Morgan fingerprint density at radius 2 is 2.33 bits per heavy atom. The van der Waals surface area contributed by atoms with Gasteiger partial charge in [0.25, 0.3) is 0 Å². The Kier molecular flexibility index (Phi) is 2.29. The molecule has 0 aliphatic heterocycles. The maximum absolute atomic E-state index is 12.6. The first-order valence-electron chi connectivity index (χ1n) is 2.67. The SMILES string of the molecule is O=C(O)C(F)(F)c1cnc(Cl)s1. The molecule has 0 fully saturated rings. The first-order valence-corrected chi connectivity index (χ1v) is 3.87. The highest BCUT2D eigenvalue weighted by Gasteiger charge is 2.43. The van der Waals surface area contributed by atoms with Crippen molar-refractivity contribution in [2.45, 2.75) is 5.92 Å². The summed E-state index contributed by atoms with van der Waals surface area (Å²) >= 11 is 5.70. The van der Waals surface area contributed by atoms with Crippen LogP contribution in [-0.2, 0) is 10.7 Å². The van der Waals surface area contributed by atoms with Crippen molar-refractivity contribution in [3.05, 3.63) is 15.5 Å². The molecule has 12 heavy (non-hydrogen) atoms. The van der Waals surface area contributed by atoms with Gasteiger partial charge in [-0.25, -0.2) is 9.78 Å². The van der Waals surface area contributed by atoms with Crippen LogP contribution in [0.3, 0.4) is 0 Å². The Labute approximate surface area is 74.6 Å². The number of carboxylic acids is 1. The highest BCUT2D eigenvalue weighted by molar-refractivity contribution is 7.15. The van der Waals surface area contributed by atoms with Gasteiger partial charge in [0.05, 0.1) is 0 Å². The van der Waals surface area contributed by atoms with Crippen molar-refractivity contribution < 1.29 is 18.7 Å². The Balaban J connectivity index is 3.05. The molecule has 1 rings (SSSR count). The molecule has 0 aliphatic rings. The molecule has 0 amide bonds. The van der Waals surface area contributed by atoms with Gasteiger partial charge in [-0.3, -0.25) is 0 Å². The van der Waals surface area contributed by atoms with Gasteiger partial charge >= 0.3 is 11.9 Å². The molecule has 0 bridgehead atoms. The second-order valence-electron chi connectivity index (χ2n) is 1.86. The zero-order chi connectivity index (χ0) is 9.35. The van der Waals surface area contributed by atoms with Crippen molar-refractivity contribution in [1.29, 1.82) is 0 Å². The Morgan fingerprint density at radius 1 is 1.75 bits per heavy atom. The maximum atomic E-state index is 12.6. The molecule has 66 valence electrons. The smallest absolute Gasteiger partial charge is 0.380 e. The van der Waals surface area contributed by atoms with Crippen LogP contribution in [0.5, 0.6) is 0 Å². The molecule has 1 heterocycles. The fraction of sp³-hybridized carbons (Fsp3) is 0.200. The minimum absolute atomic E-state index is 0.106. The molecule has 3 nitrogen and oxygen atoms in total. The number of aromatic nitrogens is 1. The van der Waals surface area contributed by atoms with Crippen molar-refractivity contribution in [3.8, 4) is 0 Å². The van der Waals surface area contributed by atoms with Crippen LogP contribution in [-0.4, -0.2) is 16.1 Å². The van der Waals surface area contributed by atoms with Gasteiger partial charge in [-0.2, -0.15) is 8.78 Å². The molecule has 0 aliphatic carbocycles. The quantitative estimate of drug-likeness (QED) is 0.817. The van der Waals surface area contributed by atoms with Gasteiger partial charge in [-0.1, -0.05) is 11.6 Å². The van der Waals surface area contributed by atoms with Gasteiger partial charge in [0.2, 0.25) is 0 Å². The molecule has 0 aromatic carbocycles. The summed E-state index contributed by atoms with van der Waals surface area (Å²) in [6.07, 6.45) is 0.751. The number of nitrogens with zero attached hydrogens (tertiary/aromatic N) is 1. The van der Waals surface area contributed by atoms with Crippen molar-refractivity contribution >= 4 is 28.9 Å². The van der Waals surface area contributed by atoms with Crippen LogP contribution in [0.25, 0.3) is 0 Å². The highest BCUT2D eigenvalue weighted by atomic mass is 35.5. The number of hydrogen-bond donors (Lipinski definition) is 1. The van der Waals surface area contributed by atoms with Crippen LogP contribution in [0.4, 0.5) is 8.78 Å². The molecular formula is C5H2ClF2NO2S. The fourth-order valence-corrected chi connectivity index (χ4v) is 1.41. The van der Waals surface area contributed by atoms with Crippen LogP contribution in [0.2, 0.25) is 4.47 Å². The normalized spacial score (nSPS) is 11.6. The number of halogens is 3. The molecule has 1 aromatic rings. The van der Waals surface area contributed by atoms with E-state index in [1.807, 2.05) is 0 Å². The van der Waals surface area contributed by atoms with Crippen LogP contribution in [0, 0.1) is 0 Å². The minimum Gasteiger partial charge on any atom is -0.477 e. The van der Waals surface area contributed by atoms with E-state index in [4.69, 9.17) is 16.7 Å². The summed E-state index contributed by atoms with van der Waals surface area (Å²) in [7, 11) is 0. The minimum atomic E-state index is -3.90. The zero-order valence-electron chi connectivity index (χ0n) is 5.42. The summed E-state index contributed by atoms with van der Waals surface area (Å²) in [6, 6.07) is 0. The van der Waals surface area contributed by atoms with Gasteiger partial charge in [0, 0.05) is 6.20 Å². The summed E-state index contributed by atoms with van der Waals surface area (Å²) in [6.45, 7) is 0. The first kappa shape index (κ1) is 9.34. The van der Waals surface area contributed by atoms with Crippen molar-refractivity contribution in [2.24, 2.45) is 0 Å². The number of carboxylic acid groups (broad SMARTS) is 1. The van der Waals surface area contributed by atoms with Crippen molar-refractivity contribution in [1.82, 2.24) is 4.98 Å². The molecule has 1 aromatic heterocycles. The van der Waals surface area contributed by atoms with Crippen LogP contribution in [0.15, 0.2) is 6.20 Å². The van der Waals surface area contributed by atoms with Crippen molar-refractivity contribution in [3.63, 3.8) is 0 Å². The van der Waals surface area contributed by atoms with Gasteiger partial charge in [0.1, 0.15) is 4.88 Å². The van der Waals surface area contributed by atoms with E-state index < -0.39 is 16.8 Å². The Morgan fingerprint density at radius 3 is 2.67 bits per heavy atom. The van der Waals surface area contributed by atoms with Gasteiger partial charge in [-0.05, 0) is 0 Å². The Hall–Kier alpha value is -0.750. The van der Waals surface area contributed by atoms with E-state index >= 15 is 0 Å². The van der Waals surface area contributed by atoms with E-state index in [1.54, 1.807) is 0 Å². The summed E-state index contributed by atoms with van der Waals surface area (Å²) in [5.74, 6) is -6.10. The largest absolute Gasteiger partial charge is 0.477 e. The molecule has 0 radical (unpaired) electrons. The van der Waals surface area contributed by atoms with E-state index in [0.29, 0.717) is 11.3 Å². The second kappa shape index (κ2) is 2.95. The molecule has 0 saturated carbocycles. The Bertz CT molecular complexity index is 314. The number of thiazole rings is 1. The summed E-state index contributed by atoms with van der Waals surface area (Å²) in [4.78, 5) is 12.7. The van der Waals surface area contributed by atoms with Gasteiger partial charge in [-0.15, -0.1) is 11.3 Å². The van der Waals surface area contributed by atoms with Gasteiger partial charge < -0.3 is 5.11 Å². The van der Waals surface area contributed by atoms with E-state index in [9.17, 15) is 13.6 Å². The van der Waals surface area contributed by atoms with E-state index in [1.165, 1.54) is 0 Å². The summed E-state index contributed by atoms with van der Waals surface area (Å²) < 4.78 is 25.1. The van der Waals surface area contributed by atoms with E-state index in [-0.39, 0.29) is 4.47 Å². The van der Waals surface area contributed by atoms with Crippen LogP contribution >= 0.6 is 22.9 Å². The van der Waals surface area contributed by atoms with Crippen LogP contribution < -0.4 is 0 Å². The monoisotopic (exact) mass is 213 g/mol. The number of carbonyl (C=O) groups is 1. The number of rotatable bonds is 2. The number of hydrogen-bond acceptors (Lipinski definition) is 3. The molecular weight excluding hydrogens is 212 g/mol. The molecule has 0 spiro atoms. The van der Waals surface area contributed by atoms with Gasteiger partial charge in [0.15, 0.2) is 4.47 Å².